The van der Waals surface area contributed by atoms with Crippen LogP contribution < -0.4 is 15.0 Å². The largest absolute Gasteiger partial charge is 0.497 e. The molecule has 0 heterocycles. The van der Waals surface area contributed by atoms with Crippen LogP contribution in [0.2, 0.25) is 0 Å². The summed E-state index contributed by atoms with van der Waals surface area (Å²) in [4.78, 5) is 25.7. The normalized spacial score (nSPS) is 11.6. The highest BCUT2D eigenvalue weighted by atomic mass is 19.2. The lowest BCUT2D eigenvalue weighted by Gasteiger charge is -2.25. The fourth-order valence-corrected chi connectivity index (χ4v) is 2.77. The highest BCUT2D eigenvalue weighted by molar-refractivity contribution is 5.94. The van der Waals surface area contributed by atoms with Crippen molar-refractivity contribution in [2.45, 2.75) is 26.3 Å². The summed E-state index contributed by atoms with van der Waals surface area (Å²) >= 11 is 0. The maximum Gasteiger partial charge on any atom is 0.229 e. The Morgan fingerprint density at radius 3 is 2.30 bits per heavy atom. The SMILES string of the molecule is CCN(C(=O)CC(NC(C)=O)c1ccc(OC)cc1)c1ccc(F)c(F)c1. The number of rotatable bonds is 7. The summed E-state index contributed by atoms with van der Waals surface area (Å²) in [5, 5.41) is 2.75. The molecule has 0 aromatic heterocycles. The molecule has 1 N–H and O–H groups in total. The second kappa shape index (κ2) is 9.12. The zero-order valence-corrected chi connectivity index (χ0v) is 15.5. The summed E-state index contributed by atoms with van der Waals surface area (Å²) in [6, 6.07) is 9.76. The van der Waals surface area contributed by atoms with Crippen LogP contribution in [0.5, 0.6) is 5.75 Å². The first-order valence-corrected chi connectivity index (χ1v) is 8.52. The van der Waals surface area contributed by atoms with Gasteiger partial charge in [-0.2, -0.15) is 0 Å². The summed E-state index contributed by atoms with van der Waals surface area (Å²) in [5.41, 5.74) is 0.999. The van der Waals surface area contributed by atoms with E-state index in [2.05, 4.69) is 5.32 Å². The first-order chi connectivity index (χ1) is 12.8. The first kappa shape index (κ1) is 20.4. The molecule has 1 unspecified atom stereocenters. The van der Waals surface area contributed by atoms with E-state index in [0.717, 1.165) is 17.7 Å². The summed E-state index contributed by atoms with van der Waals surface area (Å²) in [5.74, 6) is -1.94. The molecule has 2 amide bonds. The number of carbonyl (C=O) groups excluding carboxylic acids is 2. The van der Waals surface area contributed by atoms with Gasteiger partial charge in [-0.3, -0.25) is 9.59 Å². The molecule has 2 rings (SSSR count). The summed E-state index contributed by atoms with van der Waals surface area (Å²) in [6.45, 7) is 3.38. The highest BCUT2D eigenvalue weighted by Crippen LogP contribution is 2.24. The topological polar surface area (TPSA) is 58.6 Å². The quantitative estimate of drug-likeness (QED) is 0.803. The Morgan fingerprint density at radius 1 is 1.11 bits per heavy atom. The standard InChI is InChI=1S/C20H22F2N2O3/c1-4-24(15-7-10-17(21)18(22)11-15)20(26)12-19(23-13(2)25)14-5-8-16(27-3)9-6-14/h5-11,19H,4,12H2,1-3H3,(H,23,25). The van der Waals surface area contributed by atoms with Crippen LogP contribution in [0.4, 0.5) is 14.5 Å². The zero-order chi connectivity index (χ0) is 20.0. The Bertz CT molecular complexity index is 809. The Labute approximate surface area is 156 Å². The average molecular weight is 376 g/mol. The van der Waals surface area contributed by atoms with Crippen LogP contribution >= 0.6 is 0 Å². The lowest BCUT2D eigenvalue weighted by Crippen LogP contribution is -2.36. The Hall–Kier alpha value is -2.96. The van der Waals surface area contributed by atoms with Crippen molar-refractivity contribution in [1.82, 2.24) is 5.32 Å². The van der Waals surface area contributed by atoms with Gasteiger partial charge in [-0.1, -0.05) is 12.1 Å². The van der Waals surface area contributed by atoms with Crippen LogP contribution in [0.15, 0.2) is 42.5 Å². The molecule has 0 bridgehead atoms. The van der Waals surface area contributed by atoms with Gasteiger partial charge in [0.05, 0.1) is 19.6 Å². The Kier molecular flexibility index (Phi) is 6.87. The van der Waals surface area contributed by atoms with Gasteiger partial charge in [-0.05, 0) is 36.8 Å². The third-order valence-corrected chi connectivity index (χ3v) is 4.11. The molecule has 0 aliphatic carbocycles. The van der Waals surface area contributed by atoms with Gasteiger partial charge in [0.2, 0.25) is 11.8 Å². The average Bonchev–Trinajstić information content (AvgIpc) is 2.64. The molecule has 0 aliphatic heterocycles. The molecule has 5 nitrogen and oxygen atoms in total. The lowest BCUT2D eigenvalue weighted by atomic mass is 10.0. The zero-order valence-electron chi connectivity index (χ0n) is 15.5. The number of carbonyl (C=O) groups is 2. The number of halogens is 2. The van der Waals surface area contributed by atoms with E-state index >= 15 is 0 Å². The van der Waals surface area contributed by atoms with Crippen molar-refractivity contribution in [3.05, 3.63) is 59.7 Å². The first-order valence-electron chi connectivity index (χ1n) is 8.52. The number of benzene rings is 2. The van der Waals surface area contributed by atoms with Crippen molar-refractivity contribution in [1.29, 1.82) is 0 Å². The van der Waals surface area contributed by atoms with Gasteiger partial charge in [0, 0.05) is 25.2 Å². The van der Waals surface area contributed by atoms with Gasteiger partial charge in [0.25, 0.3) is 0 Å². The van der Waals surface area contributed by atoms with Crippen molar-refractivity contribution < 1.29 is 23.1 Å². The highest BCUT2D eigenvalue weighted by Gasteiger charge is 2.22. The van der Waals surface area contributed by atoms with Crippen molar-refractivity contribution in [3.8, 4) is 5.75 Å². The molecular formula is C20H22F2N2O3. The van der Waals surface area contributed by atoms with Gasteiger partial charge < -0.3 is 15.0 Å². The summed E-state index contributed by atoms with van der Waals surface area (Å²) < 4.78 is 31.8. The molecular weight excluding hydrogens is 354 g/mol. The van der Waals surface area contributed by atoms with Crippen molar-refractivity contribution in [2.75, 3.05) is 18.6 Å². The Balaban J connectivity index is 2.24. The smallest absolute Gasteiger partial charge is 0.229 e. The second-order valence-electron chi connectivity index (χ2n) is 5.97. The van der Waals surface area contributed by atoms with Crippen molar-refractivity contribution in [2.24, 2.45) is 0 Å². The van der Waals surface area contributed by atoms with Crippen molar-refractivity contribution >= 4 is 17.5 Å². The number of nitrogens with zero attached hydrogens (tertiary/aromatic N) is 1. The number of anilines is 1. The number of methoxy groups -OCH3 is 1. The van der Waals surface area contributed by atoms with E-state index in [1.807, 2.05) is 0 Å². The van der Waals surface area contributed by atoms with Gasteiger partial charge >= 0.3 is 0 Å². The number of amides is 2. The Morgan fingerprint density at radius 2 is 1.78 bits per heavy atom. The maximum atomic E-state index is 13.5. The van der Waals surface area contributed by atoms with Crippen LogP contribution in [0, 0.1) is 11.6 Å². The predicted molar refractivity (Wildman–Crippen MR) is 98.6 cm³/mol. The fraction of sp³-hybridized carbons (Fsp3) is 0.300. The van der Waals surface area contributed by atoms with Crippen LogP contribution in [0.25, 0.3) is 0 Å². The summed E-state index contributed by atoms with van der Waals surface area (Å²) in [7, 11) is 1.55. The maximum absolute atomic E-state index is 13.5. The van der Waals surface area contributed by atoms with Gasteiger partial charge in [-0.25, -0.2) is 8.78 Å². The lowest BCUT2D eigenvalue weighted by molar-refractivity contribution is -0.121. The van der Waals surface area contributed by atoms with Crippen LogP contribution in [0.1, 0.15) is 31.9 Å². The van der Waals surface area contributed by atoms with Crippen molar-refractivity contribution in [3.63, 3.8) is 0 Å². The van der Waals surface area contributed by atoms with E-state index in [4.69, 9.17) is 4.74 Å². The molecule has 0 radical (unpaired) electrons. The predicted octanol–water partition coefficient (Wildman–Crippen LogP) is 3.59. The molecule has 0 saturated carbocycles. The van der Waals surface area contributed by atoms with Gasteiger partial charge in [-0.15, -0.1) is 0 Å². The minimum absolute atomic E-state index is 0.0290. The molecule has 144 valence electrons. The third-order valence-electron chi connectivity index (χ3n) is 4.11. The molecule has 0 aliphatic rings. The fourth-order valence-electron chi connectivity index (χ4n) is 2.77. The molecule has 0 saturated heterocycles. The number of nitrogens with one attached hydrogen (secondary N) is 1. The van der Waals surface area contributed by atoms with Gasteiger partial charge in [0.15, 0.2) is 11.6 Å². The van der Waals surface area contributed by atoms with Crippen LogP contribution in [-0.2, 0) is 9.59 Å². The molecule has 1 atom stereocenters. The molecule has 27 heavy (non-hydrogen) atoms. The minimum Gasteiger partial charge on any atom is -0.497 e. The monoisotopic (exact) mass is 376 g/mol. The minimum atomic E-state index is -1.02. The van der Waals surface area contributed by atoms with E-state index in [1.54, 1.807) is 38.3 Å². The molecule has 0 spiro atoms. The second-order valence-corrected chi connectivity index (χ2v) is 5.97. The molecule has 2 aromatic rings. The third kappa shape index (κ3) is 5.26. The van der Waals surface area contributed by atoms with E-state index in [-0.39, 0.29) is 30.5 Å². The molecule has 0 fully saturated rings. The molecule has 2 aromatic carbocycles. The summed E-state index contributed by atoms with van der Waals surface area (Å²) in [6.07, 6.45) is -0.0290. The van der Waals surface area contributed by atoms with E-state index in [0.29, 0.717) is 5.75 Å². The van der Waals surface area contributed by atoms with E-state index in [9.17, 15) is 18.4 Å². The number of hydrogen-bond donors (Lipinski definition) is 1. The number of hydrogen-bond acceptors (Lipinski definition) is 3. The van der Waals surface area contributed by atoms with Crippen LogP contribution in [-0.4, -0.2) is 25.5 Å². The van der Waals surface area contributed by atoms with E-state index in [1.165, 1.54) is 17.9 Å². The van der Waals surface area contributed by atoms with E-state index < -0.39 is 17.7 Å². The van der Waals surface area contributed by atoms with Gasteiger partial charge in [0.1, 0.15) is 5.75 Å². The number of ether oxygens (including phenoxy) is 1. The van der Waals surface area contributed by atoms with Crippen LogP contribution in [0.3, 0.4) is 0 Å². The molecule has 7 heteroatoms.